The zero-order valence-corrected chi connectivity index (χ0v) is 14.0. The molecule has 1 aromatic carbocycles. The van der Waals surface area contributed by atoms with Crippen LogP contribution < -0.4 is 16.4 Å². The molecule has 0 radical (unpaired) electrons. The normalized spacial score (nSPS) is 16.3. The van der Waals surface area contributed by atoms with Gasteiger partial charge in [0.1, 0.15) is 11.5 Å². The summed E-state index contributed by atoms with van der Waals surface area (Å²) in [6.07, 6.45) is 3.30. The molecule has 2 heterocycles. The average Bonchev–Trinajstić information content (AvgIpc) is 3.14. The fraction of sp³-hybridized carbons (Fsp3) is 0.278. The second-order valence-corrected chi connectivity index (χ2v) is 5.96. The topological polar surface area (TPSA) is 106 Å². The summed E-state index contributed by atoms with van der Waals surface area (Å²) in [6.45, 7) is 1.28. The van der Waals surface area contributed by atoms with Crippen LogP contribution in [0.1, 0.15) is 33.7 Å². The number of nitrogens with two attached hydrogens (primary N) is 1. The van der Waals surface area contributed by atoms with E-state index >= 15 is 0 Å². The van der Waals surface area contributed by atoms with E-state index < -0.39 is 17.6 Å². The van der Waals surface area contributed by atoms with Crippen LogP contribution in [0, 0.1) is 5.82 Å². The van der Waals surface area contributed by atoms with Gasteiger partial charge in [0.2, 0.25) is 5.91 Å². The fourth-order valence-electron chi connectivity index (χ4n) is 2.63. The summed E-state index contributed by atoms with van der Waals surface area (Å²) in [5.41, 5.74) is 6.07. The maximum Gasteiger partial charge on any atom is 0.274 e. The molecule has 7 nitrogen and oxygen atoms in total. The first-order valence-corrected chi connectivity index (χ1v) is 8.25. The molecule has 136 valence electrons. The SMILES string of the molecule is NC(=O)c1ccc(C(=O)Nc2ccc(NCC3CCCO3)c(F)c2)nc1. The van der Waals surface area contributed by atoms with E-state index in [4.69, 9.17) is 10.5 Å². The molecule has 0 spiro atoms. The van der Waals surface area contributed by atoms with Crippen LogP contribution >= 0.6 is 0 Å². The lowest BCUT2D eigenvalue weighted by Gasteiger charge is -2.13. The second-order valence-electron chi connectivity index (χ2n) is 5.96. The quantitative estimate of drug-likeness (QED) is 0.734. The highest BCUT2D eigenvalue weighted by molar-refractivity contribution is 6.03. The molecule has 1 saturated heterocycles. The number of halogens is 1. The first-order valence-electron chi connectivity index (χ1n) is 8.25. The fourth-order valence-corrected chi connectivity index (χ4v) is 2.63. The van der Waals surface area contributed by atoms with Crippen molar-refractivity contribution in [2.45, 2.75) is 18.9 Å². The van der Waals surface area contributed by atoms with Gasteiger partial charge < -0.3 is 21.1 Å². The molecule has 1 fully saturated rings. The van der Waals surface area contributed by atoms with Gasteiger partial charge in [-0.1, -0.05) is 0 Å². The molecule has 2 aromatic rings. The van der Waals surface area contributed by atoms with Gasteiger partial charge in [-0.15, -0.1) is 0 Å². The highest BCUT2D eigenvalue weighted by Crippen LogP contribution is 2.21. The number of hydrogen-bond donors (Lipinski definition) is 3. The number of nitrogens with one attached hydrogen (secondary N) is 2. The first-order chi connectivity index (χ1) is 12.5. The van der Waals surface area contributed by atoms with Gasteiger partial charge in [0.05, 0.1) is 17.4 Å². The molecule has 1 aromatic heterocycles. The standard InChI is InChI=1S/C18H19FN4O3/c19-14-8-12(4-6-15(14)22-10-13-2-1-7-26-13)23-18(25)16-5-3-11(9-21-16)17(20)24/h3-6,8-9,13,22H,1-2,7,10H2,(H2,20,24)(H,23,25). The van der Waals surface area contributed by atoms with Gasteiger partial charge in [0.25, 0.3) is 5.91 Å². The number of hydrogen-bond acceptors (Lipinski definition) is 5. The zero-order valence-electron chi connectivity index (χ0n) is 14.0. The molecule has 1 atom stereocenters. The number of benzene rings is 1. The van der Waals surface area contributed by atoms with E-state index in [0.29, 0.717) is 17.9 Å². The molecule has 3 rings (SSSR count). The van der Waals surface area contributed by atoms with Gasteiger partial charge in [0, 0.05) is 25.0 Å². The maximum atomic E-state index is 14.2. The van der Waals surface area contributed by atoms with Crippen LogP contribution in [0.15, 0.2) is 36.5 Å². The number of carbonyl (C=O) groups excluding carboxylic acids is 2. The monoisotopic (exact) mass is 358 g/mol. The number of carbonyl (C=O) groups is 2. The predicted octanol–water partition coefficient (Wildman–Crippen LogP) is 2.16. The summed E-state index contributed by atoms with van der Waals surface area (Å²) in [7, 11) is 0. The number of amides is 2. The predicted molar refractivity (Wildman–Crippen MR) is 94.6 cm³/mol. The Morgan fingerprint density at radius 1 is 1.31 bits per heavy atom. The summed E-state index contributed by atoms with van der Waals surface area (Å²) < 4.78 is 19.7. The Kier molecular flexibility index (Phi) is 5.43. The Hall–Kier alpha value is -3.00. The Morgan fingerprint density at radius 2 is 2.15 bits per heavy atom. The minimum Gasteiger partial charge on any atom is -0.380 e. The van der Waals surface area contributed by atoms with Crippen molar-refractivity contribution in [3.63, 3.8) is 0 Å². The molecule has 1 unspecified atom stereocenters. The molecule has 1 aliphatic heterocycles. The number of anilines is 2. The van der Waals surface area contributed by atoms with Crippen molar-refractivity contribution in [2.24, 2.45) is 5.73 Å². The van der Waals surface area contributed by atoms with Crippen molar-refractivity contribution >= 4 is 23.2 Å². The summed E-state index contributed by atoms with van der Waals surface area (Å²) in [5, 5.41) is 5.58. The largest absolute Gasteiger partial charge is 0.380 e. The van der Waals surface area contributed by atoms with Crippen molar-refractivity contribution in [2.75, 3.05) is 23.8 Å². The Balaban J connectivity index is 1.61. The van der Waals surface area contributed by atoms with Crippen LogP contribution in [-0.2, 0) is 4.74 Å². The summed E-state index contributed by atoms with van der Waals surface area (Å²) >= 11 is 0. The third-order valence-electron chi connectivity index (χ3n) is 4.05. The summed E-state index contributed by atoms with van der Waals surface area (Å²) in [4.78, 5) is 27.0. The minimum absolute atomic E-state index is 0.0935. The van der Waals surface area contributed by atoms with Crippen molar-refractivity contribution in [3.05, 3.63) is 53.6 Å². The lowest BCUT2D eigenvalue weighted by molar-refractivity contribution is 0.0993. The lowest BCUT2D eigenvalue weighted by atomic mass is 10.2. The van der Waals surface area contributed by atoms with Crippen molar-refractivity contribution < 1.29 is 18.7 Å². The van der Waals surface area contributed by atoms with Crippen LogP contribution in [0.25, 0.3) is 0 Å². The molecule has 2 amide bonds. The number of pyridine rings is 1. The summed E-state index contributed by atoms with van der Waals surface area (Å²) in [6, 6.07) is 7.17. The number of rotatable bonds is 6. The number of aromatic nitrogens is 1. The third-order valence-corrected chi connectivity index (χ3v) is 4.05. The van der Waals surface area contributed by atoms with Crippen LogP contribution in [0.3, 0.4) is 0 Å². The number of ether oxygens (including phenoxy) is 1. The van der Waals surface area contributed by atoms with Gasteiger partial charge in [-0.25, -0.2) is 4.39 Å². The van der Waals surface area contributed by atoms with Crippen molar-refractivity contribution in [1.29, 1.82) is 0 Å². The highest BCUT2D eigenvalue weighted by Gasteiger charge is 2.16. The van der Waals surface area contributed by atoms with Crippen molar-refractivity contribution in [1.82, 2.24) is 4.98 Å². The molecular formula is C18H19FN4O3. The van der Waals surface area contributed by atoms with Gasteiger partial charge >= 0.3 is 0 Å². The van der Waals surface area contributed by atoms with Crippen LogP contribution in [0.4, 0.5) is 15.8 Å². The van der Waals surface area contributed by atoms with Crippen LogP contribution in [-0.4, -0.2) is 36.1 Å². The zero-order chi connectivity index (χ0) is 18.5. The van der Waals surface area contributed by atoms with E-state index in [1.165, 1.54) is 24.4 Å². The van der Waals surface area contributed by atoms with Gasteiger partial charge in [-0.3, -0.25) is 14.6 Å². The molecule has 8 heteroatoms. The van der Waals surface area contributed by atoms with E-state index in [2.05, 4.69) is 15.6 Å². The van der Waals surface area contributed by atoms with Crippen LogP contribution in [0.5, 0.6) is 0 Å². The molecule has 4 N–H and O–H groups in total. The maximum absolute atomic E-state index is 14.2. The Morgan fingerprint density at radius 3 is 2.77 bits per heavy atom. The van der Waals surface area contributed by atoms with E-state index in [1.807, 2.05) is 0 Å². The smallest absolute Gasteiger partial charge is 0.274 e. The first kappa shape index (κ1) is 17.8. The molecule has 26 heavy (non-hydrogen) atoms. The molecule has 0 saturated carbocycles. The molecule has 1 aliphatic rings. The Bertz CT molecular complexity index is 805. The number of nitrogens with zero attached hydrogens (tertiary/aromatic N) is 1. The minimum atomic E-state index is -0.627. The highest BCUT2D eigenvalue weighted by atomic mass is 19.1. The van der Waals surface area contributed by atoms with Gasteiger partial charge in [0.15, 0.2) is 0 Å². The molecule has 0 bridgehead atoms. The van der Waals surface area contributed by atoms with Crippen LogP contribution in [0.2, 0.25) is 0 Å². The molecular weight excluding hydrogens is 339 g/mol. The van der Waals surface area contributed by atoms with Crippen molar-refractivity contribution in [3.8, 4) is 0 Å². The van der Waals surface area contributed by atoms with E-state index in [9.17, 15) is 14.0 Å². The third kappa shape index (κ3) is 4.34. The van der Waals surface area contributed by atoms with Gasteiger partial charge in [-0.05, 0) is 43.2 Å². The lowest BCUT2D eigenvalue weighted by Crippen LogP contribution is -2.19. The summed E-state index contributed by atoms with van der Waals surface area (Å²) in [5.74, 6) is -1.61. The average molecular weight is 358 g/mol. The van der Waals surface area contributed by atoms with E-state index in [0.717, 1.165) is 19.4 Å². The molecule has 0 aliphatic carbocycles. The Labute approximate surface area is 149 Å². The van der Waals surface area contributed by atoms with E-state index in [-0.39, 0.29) is 17.4 Å². The van der Waals surface area contributed by atoms with Gasteiger partial charge in [-0.2, -0.15) is 0 Å². The van der Waals surface area contributed by atoms with E-state index in [1.54, 1.807) is 12.1 Å². The second kappa shape index (κ2) is 7.92. The number of primary amides is 1.